The highest BCUT2D eigenvalue weighted by molar-refractivity contribution is 8.01. The van der Waals surface area contributed by atoms with Crippen molar-refractivity contribution in [2.24, 2.45) is 5.92 Å². The Morgan fingerprint density at radius 3 is 3.12 bits per heavy atom. The first-order valence-electron chi connectivity index (χ1n) is 5.38. The number of nitrogens with one attached hydrogen (secondary N) is 1. The van der Waals surface area contributed by atoms with Crippen molar-refractivity contribution in [3.8, 4) is 6.07 Å². The van der Waals surface area contributed by atoms with E-state index in [9.17, 15) is 4.79 Å². The van der Waals surface area contributed by atoms with Gasteiger partial charge in [0.1, 0.15) is 9.88 Å². The van der Waals surface area contributed by atoms with Gasteiger partial charge in [0, 0.05) is 11.6 Å². The van der Waals surface area contributed by atoms with Crippen LogP contribution in [0.4, 0.5) is 0 Å². The molecule has 0 aliphatic heterocycles. The summed E-state index contributed by atoms with van der Waals surface area (Å²) in [5.74, 6) is 0.541. The number of nitrogens with zero attached hydrogens (tertiary/aromatic N) is 2. The SMILES string of the molecule is C[C@](C#N)(NC(=O)CSc1nccs1)C1CC1. The van der Waals surface area contributed by atoms with E-state index in [1.165, 1.54) is 23.1 Å². The zero-order valence-electron chi connectivity index (χ0n) is 9.47. The minimum Gasteiger partial charge on any atom is -0.337 e. The largest absolute Gasteiger partial charge is 0.337 e. The highest BCUT2D eigenvalue weighted by Crippen LogP contribution is 2.39. The Bertz CT molecular complexity index is 436. The van der Waals surface area contributed by atoms with Crippen LogP contribution in [0.25, 0.3) is 0 Å². The van der Waals surface area contributed by atoms with E-state index in [1.807, 2.05) is 5.38 Å². The predicted molar refractivity (Wildman–Crippen MR) is 67.7 cm³/mol. The summed E-state index contributed by atoms with van der Waals surface area (Å²) in [5.41, 5.74) is -0.694. The van der Waals surface area contributed by atoms with Gasteiger partial charge in [0.15, 0.2) is 0 Å². The normalized spacial score (nSPS) is 18.1. The Morgan fingerprint density at radius 1 is 1.82 bits per heavy atom. The van der Waals surface area contributed by atoms with Gasteiger partial charge in [-0.2, -0.15) is 5.26 Å². The standard InChI is InChI=1S/C11H13N3OS2/c1-11(7-12,8-2-3-8)14-9(15)6-17-10-13-4-5-16-10/h4-5,8H,2-3,6H2,1H3,(H,14,15)/t11-/m1/s1. The number of thiazole rings is 1. The average Bonchev–Trinajstić information content (AvgIpc) is 3.05. The first-order valence-corrected chi connectivity index (χ1v) is 7.25. The fourth-order valence-corrected chi connectivity index (χ4v) is 3.05. The lowest BCUT2D eigenvalue weighted by molar-refractivity contribution is -0.119. The third-order valence-corrected chi connectivity index (χ3v) is 4.73. The molecule has 1 heterocycles. The van der Waals surface area contributed by atoms with Crippen LogP contribution < -0.4 is 5.32 Å². The van der Waals surface area contributed by atoms with Gasteiger partial charge in [-0.25, -0.2) is 4.98 Å². The van der Waals surface area contributed by atoms with Gasteiger partial charge in [0.25, 0.3) is 0 Å². The summed E-state index contributed by atoms with van der Waals surface area (Å²) < 4.78 is 0.880. The highest BCUT2D eigenvalue weighted by atomic mass is 32.2. The van der Waals surface area contributed by atoms with Gasteiger partial charge in [0.05, 0.1) is 11.8 Å². The van der Waals surface area contributed by atoms with Gasteiger partial charge in [-0.3, -0.25) is 4.79 Å². The number of carbonyl (C=O) groups is 1. The van der Waals surface area contributed by atoms with Gasteiger partial charge >= 0.3 is 0 Å². The van der Waals surface area contributed by atoms with Crippen LogP contribution in [0.2, 0.25) is 0 Å². The molecule has 1 fully saturated rings. The zero-order chi connectivity index (χ0) is 12.3. The van der Waals surface area contributed by atoms with Crippen LogP contribution in [0.3, 0.4) is 0 Å². The smallest absolute Gasteiger partial charge is 0.231 e. The maximum absolute atomic E-state index is 11.7. The topological polar surface area (TPSA) is 65.8 Å². The number of thioether (sulfide) groups is 1. The Balaban J connectivity index is 1.82. The van der Waals surface area contributed by atoms with Crippen molar-refractivity contribution >= 4 is 29.0 Å². The summed E-state index contributed by atoms with van der Waals surface area (Å²) in [6.45, 7) is 1.80. The molecule has 1 aromatic rings. The molecule has 1 aliphatic carbocycles. The maximum Gasteiger partial charge on any atom is 0.231 e. The van der Waals surface area contributed by atoms with Crippen LogP contribution in [0.5, 0.6) is 0 Å². The van der Waals surface area contributed by atoms with Crippen LogP contribution in [0.1, 0.15) is 19.8 Å². The molecule has 17 heavy (non-hydrogen) atoms. The van der Waals surface area contributed by atoms with E-state index in [1.54, 1.807) is 13.1 Å². The first-order chi connectivity index (χ1) is 8.14. The lowest BCUT2D eigenvalue weighted by Crippen LogP contribution is -2.47. The average molecular weight is 267 g/mol. The van der Waals surface area contributed by atoms with E-state index in [4.69, 9.17) is 5.26 Å². The minimum atomic E-state index is -0.694. The lowest BCUT2D eigenvalue weighted by atomic mass is 9.98. The molecule has 0 saturated heterocycles. The summed E-state index contributed by atoms with van der Waals surface area (Å²) in [5, 5.41) is 13.8. The summed E-state index contributed by atoms with van der Waals surface area (Å²) in [4.78, 5) is 15.8. The summed E-state index contributed by atoms with van der Waals surface area (Å²) in [6.07, 6.45) is 3.78. The van der Waals surface area contributed by atoms with Crippen LogP contribution >= 0.6 is 23.1 Å². The molecule has 0 bridgehead atoms. The van der Waals surface area contributed by atoms with Gasteiger partial charge < -0.3 is 5.32 Å². The van der Waals surface area contributed by atoms with Crippen molar-refractivity contribution in [2.75, 3.05) is 5.75 Å². The Hall–Kier alpha value is -1.06. The van der Waals surface area contributed by atoms with Crippen LogP contribution in [-0.4, -0.2) is 22.2 Å². The van der Waals surface area contributed by atoms with E-state index in [0.29, 0.717) is 11.7 Å². The first kappa shape index (κ1) is 12.4. The van der Waals surface area contributed by atoms with Crippen LogP contribution in [0, 0.1) is 17.2 Å². The lowest BCUT2D eigenvalue weighted by Gasteiger charge is -2.22. The molecule has 1 amide bonds. The number of aromatic nitrogens is 1. The molecular weight excluding hydrogens is 254 g/mol. The predicted octanol–water partition coefficient (Wildman–Crippen LogP) is 2.04. The minimum absolute atomic E-state index is 0.0962. The summed E-state index contributed by atoms with van der Waals surface area (Å²) >= 11 is 2.92. The Kier molecular flexibility index (Phi) is 3.69. The fourth-order valence-electron chi connectivity index (χ4n) is 1.62. The molecule has 1 N–H and O–H groups in total. The molecule has 90 valence electrons. The van der Waals surface area contributed by atoms with Gasteiger partial charge in [-0.15, -0.1) is 11.3 Å². The van der Waals surface area contributed by atoms with Crippen LogP contribution in [-0.2, 0) is 4.79 Å². The van der Waals surface area contributed by atoms with Gasteiger partial charge in [-0.05, 0) is 25.7 Å². The van der Waals surface area contributed by atoms with Crippen molar-refractivity contribution in [3.05, 3.63) is 11.6 Å². The Morgan fingerprint density at radius 2 is 2.59 bits per heavy atom. The maximum atomic E-state index is 11.7. The highest BCUT2D eigenvalue weighted by Gasteiger charge is 2.42. The van der Waals surface area contributed by atoms with E-state index in [2.05, 4.69) is 16.4 Å². The van der Waals surface area contributed by atoms with Crippen molar-refractivity contribution in [3.63, 3.8) is 0 Å². The number of rotatable bonds is 5. The van der Waals surface area contributed by atoms with Crippen molar-refractivity contribution in [1.82, 2.24) is 10.3 Å². The second-order valence-corrected chi connectivity index (χ2v) is 6.34. The molecule has 0 unspecified atom stereocenters. The molecule has 1 atom stereocenters. The molecule has 1 aromatic heterocycles. The monoisotopic (exact) mass is 267 g/mol. The molecular formula is C11H13N3OS2. The molecule has 0 aromatic carbocycles. The van der Waals surface area contributed by atoms with E-state index in [0.717, 1.165) is 17.2 Å². The van der Waals surface area contributed by atoms with E-state index in [-0.39, 0.29) is 5.91 Å². The number of hydrogen-bond donors (Lipinski definition) is 1. The molecule has 6 heteroatoms. The quantitative estimate of drug-likeness (QED) is 0.829. The number of nitriles is 1. The second-order valence-electron chi connectivity index (χ2n) is 4.22. The van der Waals surface area contributed by atoms with Gasteiger partial charge in [-0.1, -0.05) is 11.8 Å². The van der Waals surface area contributed by atoms with E-state index < -0.39 is 5.54 Å². The summed E-state index contributed by atoms with van der Waals surface area (Å²) in [6, 6.07) is 2.21. The fraction of sp³-hybridized carbons (Fsp3) is 0.545. The van der Waals surface area contributed by atoms with Crippen molar-refractivity contribution < 1.29 is 4.79 Å². The van der Waals surface area contributed by atoms with Crippen molar-refractivity contribution in [1.29, 1.82) is 5.26 Å². The third kappa shape index (κ3) is 3.20. The summed E-state index contributed by atoms with van der Waals surface area (Å²) in [7, 11) is 0. The number of hydrogen-bond acceptors (Lipinski definition) is 5. The zero-order valence-corrected chi connectivity index (χ0v) is 11.1. The second kappa shape index (κ2) is 5.07. The molecule has 1 aliphatic rings. The Labute approximate surface area is 108 Å². The van der Waals surface area contributed by atoms with Crippen LogP contribution in [0.15, 0.2) is 15.9 Å². The number of amides is 1. The number of carbonyl (C=O) groups excluding carboxylic acids is 1. The van der Waals surface area contributed by atoms with E-state index >= 15 is 0 Å². The molecule has 0 radical (unpaired) electrons. The van der Waals surface area contributed by atoms with Gasteiger partial charge in [0.2, 0.25) is 5.91 Å². The van der Waals surface area contributed by atoms with Crippen molar-refractivity contribution in [2.45, 2.75) is 29.6 Å². The third-order valence-electron chi connectivity index (χ3n) is 2.76. The molecule has 0 spiro atoms. The molecule has 2 rings (SSSR count). The molecule has 1 saturated carbocycles. The molecule has 4 nitrogen and oxygen atoms in total.